The Kier molecular flexibility index (Phi) is 6.05. The Morgan fingerprint density at radius 3 is 2.46 bits per heavy atom. The standard InChI is InChI=1S/C20H16ClF3N2OS/c1-26(11-13-6-8-14(9-7-13)20(22,23)24)18(27)10-15-12-28-19(25-15)16-4-2-3-5-17(16)21/h2-9,12H,10-11H2,1H3. The molecule has 0 saturated heterocycles. The first-order valence-electron chi connectivity index (χ1n) is 8.33. The minimum Gasteiger partial charge on any atom is -0.341 e. The van der Waals surface area contributed by atoms with Crippen LogP contribution in [-0.4, -0.2) is 22.8 Å². The summed E-state index contributed by atoms with van der Waals surface area (Å²) >= 11 is 7.58. The number of alkyl halides is 3. The predicted molar refractivity (Wildman–Crippen MR) is 104 cm³/mol. The van der Waals surface area contributed by atoms with Gasteiger partial charge < -0.3 is 4.90 Å². The van der Waals surface area contributed by atoms with Crippen LogP contribution in [-0.2, 0) is 23.9 Å². The minimum atomic E-state index is -4.37. The maximum atomic E-state index is 12.6. The second kappa shape index (κ2) is 8.32. The lowest BCUT2D eigenvalue weighted by Crippen LogP contribution is -2.27. The Morgan fingerprint density at radius 1 is 1.14 bits per heavy atom. The first-order chi connectivity index (χ1) is 13.2. The number of rotatable bonds is 5. The predicted octanol–water partition coefficient (Wildman–Crippen LogP) is 5.68. The highest BCUT2D eigenvalue weighted by molar-refractivity contribution is 7.13. The molecule has 3 aromatic rings. The molecule has 0 radical (unpaired) electrons. The van der Waals surface area contributed by atoms with Crippen molar-refractivity contribution >= 4 is 28.8 Å². The van der Waals surface area contributed by atoms with Gasteiger partial charge >= 0.3 is 6.18 Å². The first kappa shape index (κ1) is 20.4. The molecule has 1 amide bonds. The fourth-order valence-electron chi connectivity index (χ4n) is 2.60. The van der Waals surface area contributed by atoms with Gasteiger partial charge in [0.1, 0.15) is 5.01 Å². The number of benzene rings is 2. The van der Waals surface area contributed by atoms with Gasteiger partial charge in [-0.2, -0.15) is 13.2 Å². The molecular weight excluding hydrogens is 409 g/mol. The molecular formula is C20H16ClF3N2OS. The molecule has 3 rings (SSSR count). The zero-order valence-electron chi connectivity index (χ0n) is 14.8. The van der Waals surface area contributed by atoms with E-state index in [9.17, 15) is 18.0 Å². The topological polar surface area (TPSA) is 33.2 Å². The Morgan fingerprint density at radius 2 is 1.82 bits per heavy atom. The fraction of sp³-hybridized carbons (Fsp3) is 0.200. The van der Waals surface area contributed by atoms with Crippen LogP contribution in [0.3, 0.4) is 0 Å². The number of carbonyl (C=O) groups excluding carboxylic acids is 1. The monoisotopic (exact) mass is 424 g/mol. The van der Waals surface area contributed by atoms with E-state index in [0.29, 0.717) is 16.3 Å². The van der Waals surface area contributed by atoms with E-state index in [1.165, 1.54) is 28.4 Å². The van der Waals surface area contributed by atoms with Gasteiger partial charge in [-0.3, -0.25) is 4.79 Å². The second-order valence-electron chi connectivity index (χ2n) is 6.25. The largest absolute Gasteiger partial charge is 0.416 e. The molecule has 2 aromatic carbocycles. The molecule has 0 atom stereocenters. The zero-order chi connectivity index (χ0) is 20.3. The lowest BCUT2D eigenvalue weighted by atomic mass is 10.1. The molecule has 146 valence electrons. The molecule has 0 bridgehead atoms. The number of thiazole rings is 1. The molecule has 1 aromatic heterocycles. The molecule has 0 saturated carbocycles. The van der Waals surface area contributed by atoms with E-state index in [4.69, 9.17) is 11.6 Å². The SMILES string of the molecule is CN(Cc1ccc(C(F)(F)F)cc1)C(=O)Cc1csc(-c2ccccc2Cl)n1. The molecule has 0 aliphatic heterocycles. The van der Waals surface area contributed by atoms with Crippen molar-refractivity contribution in [2.24, 2.45) is 0 Å². The molecule has 0 aliphatic carbocycles. The smallest absolute Gasteiger partial charge is 0.341 e. The summed E-state index contributed by atoms with van der Waals surface area (Å²) < 4.78 is 37.9. The highest BCUT2D eigenvalue weighted by Crippen LogP contribution is 2.31. The van der Waals surface area contributed by atoms with E-state index in [0.717, 1.165) is 22.7 Å². The normalized spacial score (nSPS) is 11.5. The van der Waals surface area contributed by atoms with Gasteiger partial charge in [0.2, 0.25) is 5.91 Å². The third kappa shape index (κ3) is 4.91. The molecule has 0 N–H and O–H groups in total. The molecule has 0 fully saturated rings. The summed E-state index contributed by atoms with van der Waals surface area (Å²) in [5, 5.41) is 3.13. The van der Waals surface area contributed by atoms with Crippen molar-refractivity contribution in [1.82, 2.24) is 9.88 Å². The summed E-state index contributed by atoms with van der Waals surface area (Å²) in [6.45, 7) is 0.221. The van der Waals surface area contributed by atoms with Crippen molar-refractivity contribution in [1.29, 1.82) is 0 Å². The number of hydrogen-bond donors (Lipinski definition) is 0. The maximum Gasteiger partial charge on any atom is 0.416 e. The van der Waals surface area contributed by atoms with Crippen LogP contribution in [0.25, 0.3) is 10.6 Å². The lowest BCUT2D eigenvalue weighted by molar-refractivity contribution is -0.137. The number of aromatic nitrogens is 1. The number of halogens is 4. The van der Waals surface area contributed by atoms with Gasteiger partial charge in [0.25, 0.3) is 0 Å². The van der Waals surface area contributed by atoms with Gasteiger partial charge in [-0.25, -0.2) is 4.98 Å². The summed E-state index contributed by atoms with van der Waals surface area (Å²) in [5.74, 6) is -0.170. The van der Waals surface area contributed by atoms with Crippen LogP contribution in [0.5, 0.6) is 0 Å². The molecule has 8 heteroatoms. The van der Waals surface area contributed by atoms with E-state index >= 15 is 0 Å². The van der Waals surface area contributed by atoms with Crippen LogP contribution in [0.1, 0.15) is 16.8 Å². The Balaban J connectivity index is 1.63. The molecule has 0 spiro atoms. The quantitative estimate of drug-likeness (QED) is 0.527. The summed E-state index contributed by atoms with van der Waals surface area (Å²) in [6, 6.07) is 12.1. The van der Waals surface area contributed by atoms with Crippen LogP contribution >= 0.6 is 22.9 Å². The van der Waals surface area contributed by atoms with E-state index in [-0.39, 0.29) is 18.9 Å². The van der Waals surface area contributed by atoms with Crippen LogP contribution in [0.2, 0.25) is 5.02 Å². The van der Waals surface area contributed by atoms with Crippen LogP contribution < -0.4 is 0 Å². The van der Waals surface area contributed by atoms with Crippen molar-refractivity contribution in [2.45, 2.75) is 19.1 Å². The highest BCUT2D eigenvalue weighted by Gasteiger charge is 2.30. The van der Waals surface area contributed by atoms with Crippen LogP contribution in [0.15, 0.2) is 53.9 Å². The fourth-order valence-corrected chi connectivity index (χ4v) is 3.74. The zero-order valence-corrected chi connectivity index (χ0v) is 16.4. The molecule has 0 aliphatic rings. The van der Waals surface area contributed by atoms with Gasteiger partial charge in [-0.05, 0) is 23.8 Å². The van der Waals surface area contributed by atoms with Crippen molar-refractivity contribution in [2.75, 3.05) is 7.05 Å². The number of nitrogens with zero attached hydrogens (tertiary/aromatic N) is 2. The van der Waals surface area contributed by atoms with Gasteiger partial charge in [-0.15, -0.1) is 11.3 Å². The van der Waals surface area contributed by atoms with Gasteiger partial charge in [0.05, 0.1) is 22.7 Å². The average Bonchev–Trinajstić information content (AvgIpc) is 3.10. The summed E-state index contributed by atoms with van der Waals surface area (Å²) in [4.78, 5) is 18.4. The van der Waals surface area contributed by atoms with E-state index in [1.54, 1.807) is 13.1 Å². The molecule has 28 heavy (non-hydrogen) atoms. The molecule has 1 heterocycles. The van der Waals surface area contributed by atoms with Crippen molar-refractivity contribution < 1.29 is 18.0 Å². The van der Waals surface area contributed by atoms with Gasteiger partial charge in [0, 0.05) is 24.5 Å². The van der Waals surface area contributed by atoms with Gasteiger partial charge in [-0.1, -0.05) is 41.9 Å². The Bertz CT molecular complexity index is 970. The van der Waals surface area contributed by atoms with Crippen molar-refractivity contribution in [3.63, 3.8) is 0 Å². The number of carbonyl (C=O) groups is 1. The average molecular weight is 425 g/mol. The second-order valence-corrected chi connectivity index (χ2v) is 7.51. The Labute approximate surface area is 169 Å². The Hall–Kier alpha value is -2.38. The van der Waals surface area contributed by atoms with E-state index < -0.39 is 11.7 Å². The molecule has 3 nitrogen and oxygen atoms in total. The van der Waals surface area contributed by atoms with E-state index in [2.05, 4.69) is 4.98 Å². The minimum absolute atomic E-state index is 0.109. The third-order valence-electron chi connectivity index (χ3n) is 4.12. The first-order valence-corrected chi connectivity index (χ1v) is 9.59. The van der Waals surface area contributed by atoms with Crippen molar-refractivity contribution in [3.8, 4) is 10.6 Å². The number of hydrogen-bond acceptors (Lipinski definition) is 3. The third-order valence-corrected chi connectivity index (χ3v) is 5.37. The summed E-state index contributed by atoms with van der Waals surface area (Å²) in [6.07, 6.45) is -4.26. The summed E-state index contributed by atoms with van der Waals surface area (Å²) in [7, 11) is 1.61. The van der Waals surface area contributed by atoms with Crippen LogP contribution in [0.4, 0.5) is 13.2 Å². The maximum absolute atomic E-state index is 12.6. The summed E-state index contributed by atoms with van der Waals surface area (Å²) in [5.41, 5.74) is 1.36. The number of amides is 1. The van der Waals surface area contributed by atoms with Crippen LogP contribution in [0, 0.1) is 0 Å². The van der Waals surface area contributed by atoms with Crippen molar-refractivity contribution in [3.05, 3.63) is 75.8 Å². The number of likely N-dealkylation sites (N-methyl/N-ethyl adjacent to an activating group) is 1. The van der Waals surface area contributed by atoms with Gasteiger partial charge in [0.15, 0.2) is 0 Å². The lowest BCUT2D eigenvalue weighted by Gasteiger charge is -2.17. The molecule has 0 unspecified atom stereocenters. The highest BCUT2D eigenvalue weighted by atomic mass is 35.5. The van der Waals surface area contributed by atoms with E-state index in [1.807, 2.05) is 23.6 Å².